The summed E-state index contributed by atoms with van der Waals surface area (Å²) in [6, 6.07) is 17.9. The smallest absolute Gasteiger partial charge is 0.308 e. The van der Waals surface area contributed by atoms with Crippen molar-refractivity contribution in [2.24, 2.45) is 0 Å². The van der Waals surface area contributed by atoms with Crippen LogP contribution in [-0.2, 0) is 0 Å². The summed E-state index contributed by atoms with van der Waals surface area (Å²) >= 11 is -0.204. The van der Waals surface area contributed by atoms with Crippen molar-refractivity contribution in [2.75, 3.05) is 10.6 Å². The number of aromatic nitrogens is 2. The van der Waals surface area contributed by atoms with Gasteiger partial charge in [-0.15, -0.1) is 0 Å². The molecule has 2 amide bonds. The van der Waals surface area contributed by atoms with Crippen LogP contribution in [0.2, 0.25) is 0 Å². The summed E-state index contributed by atoms with van der Waals surface area (Å²) < 4.78 is 39.1. The molecule has 0 aliphatic carbocycles. The average Bonchev–Trinajstić information content (AvgIpc) is 3.13. The molecule has 0 bridgehead atoms. The van der Waals surface area contributed by atoms with E-state index in [-0.39, 0.29) is 16.7 Å². The number of carbonyl (C=O) groups excluding carboxylic acids is 1. The highest BCUT2D eigenvalue weighted by Gasteiger charge is 2.29. The van der Waals surface area contributed by atoms with Gasteiger partial charge >= 0.3 is 11.5 Å². The first-order valence-electron chi connectivity index (χ1n) is 8.84. The summed E-state index contributed by atoms with van der Waals surface area (Å²) in [5, 5.41) is 5.32. The minimum atomic E-state index is -4.35. The Bertz CT molecular complexity index is 1160. The van der Waals surface area contributed by atoms with Gasteiger partial charge in [-0.1, -0.05) is 18.2 Å². The number of imidazole rings is 1. The first kappa shape index (κ1) is 19.8. The zero-order chi connectivity index (χ0) is 21.1. The Morgan fingerprint density at radius 1 is 0.933 bits per heavy atom. The molecule has 0 atom stereocenters. The molecule has 2 heterocycles. The number of thioether (sulfide) groups is 1. The van der Waals surface area contributed by atoms with E-state index in [1.807, 2.05) is 41.1 Å². The van der Waals surface area contributed by atoms with Crippen molar-refractivity contribution in [3.8, 4) is 11.3 Å². The van der Waals surface area contributed by atoms with Crippen LogP contribution in [0.15, 0.2) is 84.0 Å². The Labute approximate surface area is 173 Å². The van der Waals surface area contributed by atoms with E-state index in [4.69, 9.17) is 0 Å². The molecule has 2 aromatic heterocycles. The standard InChI is InChI=1S/C21H15F3N4OS/c22-21(23,24)30-17-9-7-15(8-10-17)25-20(29)26-16-5-3-4-14(12-16)18-13-28-11-2-1-6-19(28)27-18/h1-13H,(H2,25,26,29). The number of nitrogens with one attached hydrogen (secondary N) is 2. The van der Waals surface area contributed by atoms with Gasteiger partial charge in [-0.3, -0.25) is 0 Å². The van der Waals surface area contributed by atoms with Crippen LogP contribution >= 0.6 is 11.8 Å². The molecule has 5 nitrogen and oxygen atoms in total. The van der Waals surface area contributed by atoms with Crippen molar-refractivity contribution < 1.29 is 18.0 Å². The molecule has 0 radical (unpaired) electrons. The lowest BCUT2D eigenvalue weighted by atomic mass is 10.1. The summed E-state index contributed by atoms with van der Waals surface area (Å²) in [5.41, 5.74) is -0.983. The highest BCUT2D eigenvalue weighted by Crippen LogP contribution is 2.37. The van der Waals surface area contributed by atoms with Gasteiger partial charge in [0.05, 0.1) is 5.69 Å². The van der Waals surface area contributed by atoms with Crippen molar-refractivity contribution >= 4 is 34.8 Å². The summed E-state index contributed by atoms with van der Waals surface area (Å²) in [7, 11) is 0. The molecular weight excluding hydrogens is 413 g/mol. The molecule has 2 N–H and O–H groups in total. The van der Waals surface area contributed by atoms with Crippen LogP contribution in [0.5, 0.6) is 0 Å². The van der Waals surface area contributed by atoms with Gasteiger partial charge in [0.25, 0.3) is 0 Å². The number of fused-ring (bicyclic) bond motifs is 1. The van der Waals surface area contributed by atoms with E-state index < -0.39 is 11.5 Å². The molecule has 0 saturated carbocycles. The second-order valence-electron chi connectivity index (χ2n) is 6.32. The fourth-order valence-corrected chi connectivity index (χ4v) is 3.40. The molecule has 152 valence electrons. The largest absolute Gasteiger partial charge is 0.446 e. The third kappa shape index (κ3) is 4.93. The van der Waals surface area contributed by atoms with E-state index in [2.05, 4.69) is 15.6 Å². The maximum atomic E-state index is 12.4. The van der Waals surface area contributed by atoms with E-state index in [9.17, 15) is 18.0 Å². The third-order valence-corrected chi connectivity index (χ3v) is 4.87. The van der Waals surface area contributed by atoms with Gasteiger partial charge in [0.2, 0.25) is 0 Å². The highest BCUT2D eigenvalue weighted by molar-refractivity contribution is 8.00. The molecule has 30 heavy (non-hydrogen) atoms. The average molecular weight is 428 g/mol. The van der Waals surface area contributed by atoms with Crippen molar-refractivity contribution in [1.82, 2.24) is 9.38 Å². The van der Waals surface area contributed by atoms with E-state index in [1.165, 1.54) is 24.3 Å². The SMILES string of the molecule is O=C(Nc1ccc(SC(F)(F)F)cc1)Nc1cccc(-c2cn3ccccc3n2)c1. The monoisotopic (exact) mass is 428 g/mol. The Hall–Kier alpha value is -3.46. The minimum absolute atomic E-state index is 0.0496. The van der Waals surface area contributed by atoms with Crippen LogP contribution in [0, 0.1) is 0 Å². The lowest BCUT2D eigenvalue weighted by molar-refractivity contribution is -0.0328. The molecule has 0 spiro atoms. The van der Waals surface area contributed by atoms with Crippen LogP contribution in [-0.4, -0.2) is 20.9 Å². The van der Waals surface area contributed by atoms with E-state index >= 15 is 0 Å². The zero-order valence-electron chi connectivity index (χ0n) is 15.4. The number of halogens is 3. The lowest BCUT2D eigenvalue weighted by Gasteiger charge is -2.10. The topological polar surface area (TPSA) is 58.4 Å². The number of rotatable bonds is 4. The van der Waals surface area contributed by atoms with Gasteiger partial charge in [-0.25, -0.2) is 9.78 Å². The van der Waals surface area contributed by atoms with Crippen molar-refractivity contribution in [3.05, 3.63) is 79.1 Å². The van der Waals surface area contributed by atoms with Crippen LogP contribution in [0.1, 0.15) is 0 Å². The number of hydrogen-bond donors (Lipinski definition) is 2. The molecule has 0 unspecified atom stereocenters. The minimum Gasteiger partial charge on any atom is -0.308 e. The summed E-state index contributed by atoms with van der Waals surface area (Å²) in [6.45, 7) is 0. The highest BCUT2D eigenvalue weighted by atomic mass is 32.2. The lowest BCUT2D eigenvalue weighted by Crippen LogP contribution is -2.19. The first-order valence-corrected chi connectivity index (χ1v) is 9.65. The number of anilines is 2. The zero-order valence-corrected chi connectivity index (χ0v) is 16.2. The van der Waals surface area contributed by atoms with Crippen LogP contribution < -0.4 is 10.6 Å². The maximum absolute atomic E-state index is 12.4. The normalized spacial score (nSPS) is 11.4. The van der Waals surface area contributed by atoms with Crippen LogP contribution in [0.4, 0.5) is 29.3 Å². The van der Waals surface area contributed by atoms with Gasteiger partial charge < -0.3 is 15.0 Å². The number of pyridine rings is 1. The predicted molar refractivity (Wildman–Crippen MR) is 112 cm³/mol. The first-order chi connectivity index (χ1) is 14.4. The number of benzene rings is 2. The van der Waals surface area contributed by atoms with Gasteiger partial charge in [0.15, 0.2) is 0 Å². The Kier molecular flexibility index (Phi) is 5.37. The van der Waals surface area contributed by atoms with Crippen LogP contribution in [0.25, 0.3) is 16.9 Å². The van der Waals surface area contributed by atoms with Gasteiger partial charge in [-0.2, -0.15) is 13.2 Å². The fourth-order valence-electron chi connectivity index (χ4n) is 2.86. The van der Waals surface area contributed by atoms with E-state index in [1.54, 1.807) is 18.2 Å². The predicted octanol–water partition coefficient (Wildman–Crippen LogP) is 6.26. The van der Waals surface area contributed by atoms with E-state index in [0.717, 1.165) is 16.9 Å². The van der Waals surface area contributed by atoms with Crippen LogP contribution in [0.3, 0.4) is 0 Å². The summed E-state index contributed by atoms with van der Waals surface area (Å²) in [5.74, 6) is 0. The molecule has 0 fully saturated rings. The Balaban J connectivity index is 1.43. The molecule has 9 heteroatoms. The second-order valence-corrected chi connectivity index (χ2v) is 7.46. The number of alkyl halides is 3. The number of nitrogens with zero attached hydrogens (tertiary/aromatic N) is 2. The van der Waals surface area contributed by atoms with Gasteiger partial charge in [-0.05, 0) is 60.3 Å². The fraction of sp³-hybridized carbons (Fsp3) is 0.0476. The quantitative estimate of drug-likeness (QED) is 0.377. The molecule has 0 aliphatic heterocycles. The summed E-state index contributed by atoms with van der Waals surface area (Å²) in [4.78, 5) is 16.9. The Morgan fingerprint density at radius 2 is 1.70 bits per heavy atom. The molecular formula is C21H15F3N4OS. The van der Waals surface area contributed by atoms with Gasteiger partial charge in [0.1, 0.15) is 5.65 Å². The number of carbonyl (C=O) groups is 1. The number of hydrogen-bond acceptors (Lipinski definition) is 3. The number of amides is 2. The Morgan fingerprint density at radius 3 is 2.43 bits per heavy atom. The second kappa shape index (κ2) is 8.11. The molecule has 0 aliphatic rings. The molecule has 0 saturated heterocycles. The number of urea groups is 1. The third-order valence-electron chi connectivity index (χ3n) is 4.13. The molecule has 4 rings (SSSR count). The maximum Gasteiger partial charge on any atom is 0.446 e. The van der Waals surface area contributed by atoms with Crippen molar-refractivity contribution in [2.45, 2.75) is 10.4 Å². The summed E-state index contributed by atoms with van der Waals surface area (Å²) in [6.07, 6.45) is 3.80. The van der Waals surface area contributed by atoms with Gasteiger partial charge in [0, 0.05) is 34.2 Å². The van der Waals surface area contributed by atoms with Crippen molar-refractivity contribution in [3.63, 3.8) is 0 Å². The molecule has 2 aromatic carbocycles. The van der Waals surface area contributed by atoms with Crippen molar-refractivity contribution in [1.29, 1.82) is 0 Å². The molecule has 4 aromatic rings. The van der Waals surface area contributed by atoms with E-state index in [0.29, 0.717) is 11.4 Å².